The van der Waals surface area contributed by atoms with Crippen LogP contribution in [0.25, 0.3) is 27.6 Å². The standard InChI is InChI=1S/C19H12N4O4/c1-21-16-7-6-14(24)9-15(16)18-17(21)8-11(10-20)19(25)22(18)12-2-4-13(5-3-12)23(26)27/h2-9,24H,1H3. The van der Waals surface area contributed by atoms with Gasteiger partial charge in [0.05, 0.1) is 21.5 Å². The summed E-state index contributed by atoms with van der Waals surface area (Å²) in [4.78, 5) is 23.3. The van der Waals surface area contributed by atoms with Gasteiger partial charge in [0.15, 0.2) is 0 Å². The molecule has 0 unspecified atom stereocenters. The number of nitrogens with zero attached hydrogens (tertiary/aromatic N) is 4. The molecule has 4 rings (SSSR count). The fourth-order valence-corrected chi connectivity index (χ4v) is 3.30. The number of nitriles is 1. The first-order valence-electron chi connectivity index (χ1n) is 7.94. The molecule has 0 atom stereocenters. The zero-order chi connectivity index (χ0) is 19.3. The number of aromatic hydroxyl groups is 1. The lowest BCUT2D eigenvalue weighted by molar-refractivity contribution is -0.384. The topological polar surface area (TPSA) is 114 Å². The van der Waals surface area contributed by atoms with Gasteiger partial charge in [0.25, 0.3) is 11.2 Å². The van der Waals surface area contributed by atoms with E-state index in [1.54, 1.807) is 25.2 Å². The Morgan fingerprint density at radius 3 is 2.44 bits per heavy atom. The number of benzene rings is 2. The van der Waals surface area contributed by atoms with Crippen LogP contribution in [0.1, 0.15) is 5.56 Å². The highest BCUT2D eigenvalue weighted by molar-refractivity contribution is 6.07. The maximum Gasteiger partial charge on any atom is 0.273 e. The number of rotatable bonds is 2. The molecule has 0 radical (unpaired) electrons. The number of nitro benzene ring substituents is 1. The number of phenols is 1. The molecule has 132 valence electrons. The Morgan fingerprint density at radius 2 is 1.81 bits per heavy atom. The zero-order valence-electron chi connectivity index (χ0n) is 14.1. The molecule has 4 aromatic rings. The number of hydrogen-bond acceptors (Lipinski definition) is 5. The third-order valence-electron chi connectivity index (χ3n) is 4.58. The van der Waals surface area contributed by atoms with Gasteiger partial charge in [0, 0.05) is 30.3 Å². The van der Waals surface area contributed by atoms with Gasteiger partial charge in [-0.15, -0.1) is 0 Å². The van der Waals surface area contributed by atoms with Crippen LogP contribution in [0, 0.1) is 21.4 Å². The summed E-state index contributed by atoms with van der Waals surface area (Å²) in [7, 11) is 1.80. The smallest absolute Gasteiger partial charge is 0.273 e. The fourth-order valence-electron chi connectivity index (χ4n) is 3.30. The summed E-state index contributed by atoms with van der Waals surface area (Å²) in [5.41, 5.74) is 1.63. The maximum absolute atomic E-state index is 12.9. The molecule has 8 nitrogen and oxygen atoms in total. The second kappa shape index (κ2) is 5.71. The van der Waals surface area contributed by atoms with E-state index in [0.29, 0.717) is 22.1 Å². The molecular weight excluding hydrogens is 348 g/mol. The first kappa shape index (κ1) is 16.4. The SMILES string of the molecule is Cn1c2ccc(O)cc2c2c1cc(C#N)c(=O)n2-c1ccc([N+](=O)[O-])cc1. The van der Waals surface area contributed by atoms with Gasteiger partial charge in [-0.3, -0.25) is 19.5 Å². The number of pyridine rings is 1. The van der Waals surface area contributed by atoms with Crippen LogP contribution in [0.2, 0.25) is 0 Å². The number of aryl methyl sites for hydroxylation is 1. The van der Waals surface area contributed by atoms with E-state index in [4.69, 9.17) is 0 Å². The van der Waals surface area contributed by atoms with Gasteiger partial charge in [0.1, 0.15) is 17.4 Å². The molecule has 0 fully saturated rings. The van der Waals surface area contributed by atoms with Crippen LogP contribution in [-0.4, -0.2) is 19.2 Å². The van der Waals surface area contributed by atoms with Gasteiger partial charge in [0.2, 0.25) is 0 Å². The van der Waals surface area contributed by atoms with Crippen LogP contribution in [0.3, 0.4) is 0 Å². The minimum absolute atomic E-state index is 0.0436. The predicted molar refractivity (Wildman–Crippen MR) is 99.1 cm³/mol. The molecule has 0 amide bonds. The third-order valence-corrected chi connectivity index (χ3v) is 4.58. The summed E-state index contributed by atoms with van der Waals surface area (Å²) in [6.07, 6.45) is 0. The van der Waals surface area contributed by atoms with Gasteiger partial charge in [-0.05, 0) is 36.4 Å². The first-order valence-corrected chi connectivity index (χ1v) is 7.94. The molecule has 1 N–H and O–H groups in total. The van der Waals surface area contributed by atoms with Crippen molar-refractivity contribution < 1.29 is 10.0 Å². The Hall–Kier alpha value is -4.12. The molecule has 0 spiro atoms. The van der Waals surface area contributed by atoms with Crippen LogP contribution in [-0.2, 0) is 7.05 Å². The van der Waals surface area contributed by atoms with Gasteiger partial charge in [-0.2, -0.15) is 5.26 Å². The fraction of sp³-hybridized carbons (Fsp3) is 0.0526. The Kier molecular flexibility index (Phi) is 3.46. The Morgan fingerprint density at radius 1 is 1.11 bits per heavy atom. The van der Waals surface area contributed by atoms with Crippen LogP contribution in [0.5, 0.6) is 5.75 Å². The highest BCUT2D eigenvalue weighted by atomic mass is 16.6. The van der Waals surface area contributed by atoms with Crippen LogP contribution < -0.4 is 5.56 Å². The van der Waals surface area contributed by atoms with E-state index in [1.807, 2.05) is 10.6 Å². The second-order valence-corrected chi connectivity index (χ2v) is 6.08. The molecule has 0 aliphatic carbocycles. The van der Waals surface area contributed by atoms with Crippen LogP contribution in [0.15, 0.2) is 53.3 Å². The van der Waals surface area contributed by atoms with E-state index in [9.17, 15) is 25.3 Å². The van der Waals surface area contributed by atoms with Crippen molar-refractivity contribution in [3.05, 3.63) is 74.6 Å². The Labute approximate surface area is 151 Å². The van der Waals surface area contributed by atoms with Crippen molar-refractivity contribution in [3.8, 4) is 17.5 Å². The largest absolute Gasteiger partial charge is 0.508 e. The molecule has 0 bridgehead atoms. The predicted octanol–water partition coefficient (Wildman–Crippen LogP) is 2.97. The molecule has 8 heteroatoms. The number of non-ortho nitro benzene ring substituents is 1. The maximum atomic E-state index is 12.9. The van der Waals surface area contributed by atoms with Crippen molar-refractivity contribution in [2.45, 2.75) is 0 Å². The van der Waals surface area contributed by atoms with Crippen LogP contribution in [0.4, 0.5) is 5.69 Å². The summed E-state index contributed by atoms with van der Waals surface area (Å²) in [6, 6.07) is 13.8. The van der Waals surface area contributed by atoms with Crippen molar-refractivity contribution in [1.29, 1.82) is 5.26 Å². The van der Waals surface area contributed by atoms with E-state index >= 15 is 0 Å². The lowest BCUT2D eigenvalue weighted by Gasteiger charge is -2.09. The minimum atomic E-state index is -0.533. The molecule has 0 saturated heterocycles. The molecule has 2 heterocycles. The first-order chi connectivity index (χ1) is 12.9. The van der Waals surface area contributed by atoms with Crippen LogP contribution >= 0.6 is 0 Å². The molecule has 2 aromatic heterocycles. The lowest BCUT2D eigenvalue weighted by Crippen LogP contribution is -2.21. The third kappa shape index (κ3) is 2.33. The van der Waals surface area contributed by atoms with Gasteiger partial charge in [-0.1, -0.05) is 0 Å². The molecule has 27 heavy (non-hydrogen) atoms. The summed E-state index contributed by atoms with van der Waals surface area (Å²) in [5, 5.41) is 30.8. The van der Waals surface area contributed by atoms with Gasteiger partial charge >= 0.3 is 0 Å². The number of aromatic nitrogens is 2. The van der Waals surface area contributed by atoms with Crippen molar-refractivity contribution >= 4 is 27.6 Å². The quantitative estimate of drug-likeness (QED) is 0.436. The van der Waals surface area contributed by atoms with E-state index in [2.05, 4.69) is 0 Å². The highest BCUT2D eigenvalue weighted by Gasteiger charge is 2.18. The number of hydrogen-bond donors (Lipinski definition) is 1. The van der Waals surface area contributed by atoms with Crippen molar-refractivity contribution in [2.75, 3.05) is 0 Å². The molecule has 0 aliphatic rings. The highest BCUT2D eigenvalue weighted by Crippen LogP contribution is 2.32. The summed E-state index contributed by atoms with van der Waals surface area (Å²) < 4.78 is 3.17. The second-order valence-electron chi connectivity index (χ2n) is 6.08. The molecule has 0 saturated carbocycles. The normalized spacial score (nSPS) is 11.0. The van der Waals surface area contributed by atoms with E-state index in [0.717, 1.165) is 5.52 Å². The molecule has 2 aromatic carbocycles. The summed E-state index contributed by atoms with van der Waals surface area (Å²) >= 11 is 0. The van der Waals surface area contributed by atoms with E-state index in [1.165, 1.54) is 34.9 Å². The number of nitro groups is 1. The molecular formula is C19H12N4O4. The van der Waals surface area contributed by atoms with E-state index < -0.39 is 10.5 Å². The Balaban J connectivity index is 2.19. The van der Waals surface area contributed by atoms with Crippen molar-refractivity contribution in [1.82, 2.24) is 9.13 Å². The van der Waals surface area contributed by atoms with Crippen molar-refractivity contribution in [2.24, 2.45) is 7.05 Å². The summed E-state index contributed by atoms with van der Waals surface area (Å²) in [5.74, 6) is 0.0436. The van der Waals surface area contributed by atoms with E-state index in [-0.39, 0.29) is 17.0 Å². The zero-order valence-corrected chi connectivity index (χ0v) is 14.1. The monoisotopic (exact) mass is 360 g/mol. The average Bonchev–Trinajstić information content (AvgIpc) is 2.92. The van der Waals surface area contributed by atoms with Gasteiger partial charge in [-0.25, -0.2) is 0 Å². The Bertz CT molecular complexity index is 1340. The lowest BCUT2D eigenvalue weighted by atomic mass is 10.1. The van der Waals surface area contributed by atoms with Gasteiger partial charge < -0.3 is 9.67 Å². The average molecular weight is 360 g/mol. The van der Waals surface area contributed by atoms with Crippen molar-refractivity contribution in [3.63, 3.8) is 0 Å². The summed E-state index contributed by atoms with van der Waals surface area (Å²) in [6.45, 7) is 0. The number of phenolic OH excluding ortho intramolecular Hbond substituents is 1. The minimum Gasteiger partial charge on any atom is -0.508 e. The number of fused-ring (bicyclic) bond motifs is 3. The molecule has 0 aliphatic heterocycles.